The summed E-state index contributed by atoms with van der Waals surface area (Å²) < 4.78 is 76.9. The van der Waals surface area contributed by atoms with Crippen molar-refractivity contribution in [1.29, 1.82) is 0 Å². The maximum atomic E-state index is 12.9. The van der Waals surface area contributed by atoms with Gasteiger partial charge in [0.2, 0.25) is 0 Å². The van der Waals surface area contributed by atoms with Crippen LogP contribution in [0.4, 0.5) is 26.3 Å². The Labute approximate surface area is 99.8 Å². The SMILES string of the molecule is CNC(C)(c1ccccc1C(F)(F)F)C(F)(F)F. The predicted molar refractivity (Wildman–Crippen MR) is 53.9 cm³/mol. The summed E-state index contributed by atoms with van der Waals surface area (Å²) in [6, 6.07) is 3.66. The van der Waals surface area contributed by atoms with E-state index >= 15 is 0 Å². The van der Waals surface area contributed by atoms with E-state index in [-0.39, 0.29) is 0 Å². The van der Waals surface area contributed by atoms with E-state index in [0.29, 0.717) is 13.0 Å². The van der Waals surface area contributed by atoms with Crippen LogP contribution < -0.4 is 5.32 Å². The van der Waals surface area contributed by atoms with Gasteiger partial charge in [0.05, 0.1) is 5.56 Å². The molecule has 0 heterocycles. The first-order valence-corrected chi connectivity index (χ1v) is 4.96. The van der Waals surface area contributed by atoms with E-state index in [1.807, 2.05) is 5.32 Å². The van der Waals surface area contributed by atoms with Crippen molar-refractivity contribution in [2.75, 3.05) is 7.05 Å². The van der Waals surface area contributed by atoms with Gasteiger partial charge >= 0.3 is 12.4 Å². The Morgan fingerprint density at radius 1 is 0.889 bits per heavy atom. The Morgan fingerprint density at radius 3 is 1.67 bits per heavy atom. The molecule has 1 aromatic carbocycles. The molecule has 1 nitrogen and oxygen atoms in total. The second kappa shape index (κ2) is 4.46. The summed E-state index contributed by atoms with van der Waals surface area (Å²) in [5, 5.41) is 1.92. The van der Waals surface area contributed by atoms with Gasteiger partial charge in [-0.25, -0.2) is 0 Å². The molecule has 0 aliphatic rings. The smallest absolute Gasteiger partial charge is 0.303 e. The Bertz CT molecular complexity index is 422. The average Bonchev–Trinajstić information content (AvgIpc) is 2.25. The molecular weight excluding hydrogens is 260 g/mol. The molecule has 102 valence electrons. The molecule has 0 saturated carbocycles. The summed E-state index contributed by atoms with van der Waals surface area (Å²) in [6.45, 7) is 0.678. The van der Waals surface area contributed by atoms with Gasteiger partial charge in [0.15, 0.2) is 0 Å². The highest BCUT2D eigenvalue weighted by Gasteiger charge is 2.54. The van der Waals surface area contributed by atoms with Gasteiger partial charge in [0.1, 0.15) is 5.54 Å². The molecule has 0 aliphatic carbocycles. The van der Waals surface area contributed by atoms with Crippen LogP contribution in [0.2, 0.25) is 0 Å². The molecule has 1 N–H and O–H groups in total. The maximum absolute atomic E-state index is 12.9. The van der Waals surface area contributed by atoms with Gasteiger partial charge in [-0.1, -0.05) is 18.2 Å². The third-order valence-electron chi connectivity index (χ3n) is 2.84. The quantitative estimate of drug-likeness (QED) is 0.809. The summed E-state index contributed by atoms with van der Waals surface area (Å²) in [6.07, 6.45) is -9.68. The van der Waals surface area contributed by atoms with Crippen molar-refractivity contribution in [3.05, 3.63) is 35.4 Å². The molecule has 1 atom stereocenters. The van der Waals surface area contributed by atoms with Crippen molar-refractivity contribution in [3.8, 4) is 0 Å². The highest BCUT2D eigenvalue weighted by atomic mass is 19.4. The van der Waals surface area contributed by atoms with Crippen molar-refractivity contribution in [2.24, 2.45) is 0 Å². The zero-order valence-corrected chi connectivity index (χ0v) is 9.58. The topological polar surface area (TPSA) is 12.0 Å². The fourth-order valence-electron chi connectivity index (χ4n) is 1.60. The van der Waals surface area contributed by atoms with Crippen LogP contribution in [0, 0.1) is 0 Å². The average molecular weight is 271 g/mol. The highest BCUT2D eigenvalue weighted by molar-refractivity contribution is 5.36. The van der Waals surface area contributed by atoms with Crippen molar-refractivity contribution in [1.82, 2.24) is 5.32 Å². The number of nitrogens with one attached hydrogen (secondary N) is 1. The third-order valence-corrected chi connectivity index (χ3v) is 2.84. The number of rotatable bonds is 2. The van der Waals surface area contributed by atoms with Gasteiger partial charge in [-0.05, 0) is 25.6 Å². The molecule has 0 fully saturated rings. The Hall–Kier alpha value is -1.24. The number of benzene rings is 1. The molecule has 0 bridgehead atoms. The van der Waals surface area contributed by atoms with Crippen LogP contribution in [0.1, 0.15) is 18.1 Å². The standard InChI is InChI=1S/C11H11F6N/c1-9(18-2,11(15,16)17)7-5-3-4-6-8(7)10(12,13)14/h3-6,18H,1-2H3. The van der Waals surface area contributed by atoms with Gasteiger partial charge in [0, 0.05) is 0 Å². The van der Waals surface area contributed by atoms with Crippen LogP contribution >= 0.6 is 0 Å². The zero-order chi connectivity index (χ0) is 14.2. The van der Waals surface area contributed by atoms with Crippen LogP contribution in [-0.4, -0.2) is 13.2 Å². The molecule has 0 saturated heterocycles. The molecule has 1 aromatic rings. The fraction of sp³-hybridized carbons (Fsp3) is 0.455. The number of hydrogen-bond acceptors (Lipinski definition) is 1. The lowest BCUT2D eigenvalue weighted by Crippen LogP contribution is -2.50. The Morgan fingerprint density at radius 2 is 1.33 bits per heavy atom. The van der Waals surface area contributed by atoms with Gasteiger partial charge in [-0.3, -0.25) is 0 Å². The van der Waals surface area contributed by atoms with Crippen LogP contribution in [-0.2, 0) is 11.7 Å². The maximum Gasteiger partial charge on any atom is 0.416 e. The summed E-state index contributed by atoms with van der Waals surface area (Å²) in [7, 11) is 0.973. The molecule has 0 aliphatic heterocycles. The van der Waals surface area contributed by atoms with Crippen molar-refractivity contribution in [3.63, 3.8) is 0 Å². The molecule has 1 unspecified atom stereocenters. The first-order chi connectivity index (χ1) is 8.04. The molecule has 0 amide bonds. The summed E-state index contributed by atoms with van der Waals surface area (Å²) >= 11 is 0. The van der Waals surface area contributed by atoms with Crippen LogP contribution in [0.3, 0.4) is 0 Å². The Balaban J connectivity index is 3.50. The van der Waals surface area contributed by atoms with Gasteiger partial charge in [0.25, 0.3) is 0 Å². The fourth-order valence-corrected chi connectivity index (χ4v) is 1.60. The number of halogens is 6. The summed E-state index contributed by atoms with van der Waals surface area (Å²) in [5.41, 5.74) is -4.88. The molecule has 18 heavy (non-hydrogen) atoms. The minimum atomic E-state index is -4.84. The lowest BCUT2D eigenvalue weighted by Gasteiger charge is -2.34. The number of alkyl halides is 6. The van der Waals surface area contributed by atoms with E-state index in [9.17, 15) is 26.3 Å². The lowest BCUT2D eigenvalue weighted by molar-refractivity contribution is -0.196. The zero-order valence-electron chi connectivity index (χ0n) is 9.58. The van der Waals surface area contributed by atoms with Gasteiger partial charge in [-0.2, -0.15) is 26.3 Å². The van der Waals surface area contributed by atoms with Crippen LogP contribution in [0.5, 0.6) is 0 Å². The van der Waals surface area contributed by atoms with Crippen molar-refractivity contribution >= 4 is 0 Å². The summed E-state index contributed by atoms with van der Waals surface area (Å²) in [4.78, 5) is 0. The first-order valence-electron chi connectivity index (χ1n) is 4.96. The van der Waals surface area contributed by atoms with E-state index in [1.54, 1.807) is 0 Å². The van der Waals surface area contributed by atoms with E-state index in [0.717, 1.165) is 25.2 Å². The second-order valence-corrected chi connectivity index (χ2v) is 3.92. The van der Waals surface area contributed by atoms with E-state index < -0.39 is 29.0 Å². The van der Waals surface area contributed by atoms with E-state index in [4.69, 9.17) is 0 Å². The third kappa shape index (κ3) is 2.45. The molecule has 7 heteroatoms. The summed E-state index contributed by atoms with van der Waals surface area (Å²) in [5.74, 6) is 0. The molecule has 0 spiro atoms. The number of hydrogen-bond donors (Lipinski definition) is 1. The minimum absolute atomic E-state index is 0.636. The lowest BCUT2D eigenvalue weighted by atomic mass is 9.87. The molecule has 1 rings (SSSR count). The predicted octanol–water partition coefficient (Wildman–Crippen LogP) is 3.70. The first kappa shape index (κ1) is 14.8. The molecule has 0 aromatic heterocycles. The highest BCUT2D eigenvalue weighted by Crippen LogP contribution is 2.43. The van der Waals surface area contributed by atoms with Crippen molar-refractivity contribution in [2.45, 2.75) is 24.8 Å². The normalized spacial score (nSPS) is 16.4. The van der Waals surface area contributed by atoms with Crippen molar-refractivity contribution < 1.29 is 26.3 Å². The second-order valence-electron chi connectivity index (χ2n) is 3.92. The monoisotopic (exact) mass is 271 g/mol. The van der Waals surface area contributed by atoms with E-state index in [1.165, 1.54) is 0 Å². The minimum Gasteiger partial charge on any atom is -0.303 e. The van der Waals surface area contributed by atoms with Gasteiger partial charge in [-0.15, -0.1) is 0 Å². The van der Waals surface area contributed by atoms with Gasteiger partial charge < -0.3 is 5.32 Å². The van der Waals surface area contributed by atoms with Crippen LogP contribution in [0.15, 0.2) is 24.3 Å². The van der Waals surface area contributed by atoms with Crippen LogP contribution in [0.25, 0.3) is 0 Å². The molecule has 0 radical (unpaired) electrons. The van der Waals surface area contributed by atoms with E-state index in [2.05, 4.69) is 0 Å². The largest absolute Gasteiger partial charge is 0.416 e. The molecular formula is C11H11F6N. The Kier molecular flexibility index (Phi) is 3.67.